The lowest BCUT2D eigenvalue weighted by molar-refractivity contribution is 0.00578. The highest BCUT2D eigenvalue weighted by Gasteiger charge is 2.51. The van der Waals surface area contributed by atoms with Crippen molar-refractivity contribution in [1.29, 1.82) is 0 Å². The van der Waals surface area contributed by atoms with Gasteiger partial charge in [0.05, 0.1) is 11.2 Å². The molecular formula is C21H25BN2O2. The van der Waals surface area contributed by atoms with Gasteiger partial charge in [-0.1, -0.05) is 30.3 Å². The van der Waals surface area contributed by atoms with Crippen molar-refractivity contribution in [3.63, 3.8) is 0 Å². The van der Waals surface area contributed by atoms with Crippen molar-refractivity contribution in [1.82, 2.24) is 4.57 Å². The summed E-state index contributed by atoms with van der Waals surface area (Å²) >= 11 is 0. The van der Waals surface area contributed by atoms with E-state index in [0.29, 0.717) is 0 Å². The van der Waals surface area contributed by atoms with E-state index in [1.54, 1.807) is 0 Å². The molecule has 26 heavy (non-hydrogen) atoms. The highest BCUT2D eigenvalue weighted by molar-refractivity contribution is 6.62. The Morgan fingerprint density at radius 2 is 1.50 bits per heavy atom. The van der Waals surface area contributed by atoms with Gasteiger partial charge in [0.1, 0.15) is 5.82 Å². The van der Waals surface area contributed by atoms with E-state index in [9.17, 15) is 0 Å². The van der Waals surface area contributed by atoms with E-state index in [1.165, 1.54) is 10.9 Å². The largest absolute Gasteiger partial charge is 0.494 e. The predicted octanol–water partition coefficient (Wildman–Crippen LogP) is 4.22. The summed E-state index contributed by atoms with van der Waals surface area (Å²) in [6.45, 7) is 8.29. The second-order valence-electron chi connectivity index (χ2n) is 7.98. The van der Waals surface area contributed by atoms with Crippen molar-refractivity contribution in [2.75, 3.05) is 5.32 Å². The topological polar surface area (TPSA) is 35.4 Å². The lowest BCUT2D eigenvalue weighted by Gasteiger charge is -2.32. The van der Waals surface area contributed by atoms with Crippen LogP contribution in [0.4, 0.5) is 11.5 Å². The van der Waals surface area contributed by atoms with E-state index in [1.807, 2.05) is 0 Å². The van der Waals surface area contributed by atoms with Crippen LogP contribution >= 0.6 is 0 Å². The average molecular weight is 348 g/mol. The van der Waals surface area contributed by atoms with Gasteiger partial charge in [0.2, 0.25) is 0 Å². The zero-order valence-corrected chi connectivity index (χ0v) is 16.0. The number of nitrogens with zero attached hydrogens (tertiary/aromatic N) is 1. The summed E-state index contributed by atoms with van der Waals surface area (Å²) in [5, 5.41) is 4.72. The summed E-state index contributed by atoms with van der Waals surface area (Å²) < 4.78 is 14.4. The number of aryl methyl sites for hydroxylation is 1. The summed E-state index contributed by atoms with van der Waals surface area (Å²) in [6, 6.07) is 18.8. The lowest BCUT2D eigenvalue weighted by atomic mass is 9.79. The van der Waals surface area contributed by atoms with Crippen molar-refractivity contribution < 1.29 is 9.31 Å². The number of nitrogens with one attached hydrogen (secondary N) is 1. The monoisotopic (exact) mass is 348 g/mol. The van der Waals surface area contributed by atoms with Crippen molar-refractivity contribution in [3.8, 4) is 0 Å². The van der Waals surface area contributed by atoms with Gasteiger partial charge in [-0.15, -0.1) is 0 Å². The molecule has 1 N–H and O–H groups in total. The maximum Gasteiger partial charge on any atom is 0.494 e. The number of para-hydroxylation sites is 1. The van der Waals surface area contributed by atoms with Gasteiger partial charge >= 0.3 is 7.12 Å². The summed E-state index contributed by atoms with van der Waals surface area (Å²) in [7, 11) is 1.75. The average Bonchev–Trinajstić information content (AvgIpc) is 3.02. The highest BCUT2D eigenvalue weighted by Crippen LogP contribution is 2.36. The molecule has 0 bridgehead atoms. The molecule has 4 rings (SSSR count). The Hall–Kier alpha value is -2.24. The minimum absolute atomic E-state index is 0.322. The first-order valence-electron chi connectivity index (χ1n) is 9.04. The summed E-state index contributed by atoms with van der Waals surface area (Å²) in [5.41, 5.74) is 2.64. The highest BCUT2D eigenvalue weighted by atomic mass is 16.7. The summed E-state index contributed by atoms with van der Waals surface area (Å²) in [4.78, 5) is 0. The molecule has 0 atom stereocenters. The Labute approximate surface area is 155 Å². The molecule has 0 amide bonds. The maximum absolute atomic E-state index is 6.12. The first-order chi connectivity index (χ1) is 12.3. The predicted molar refractivity (Wildman–Crippen MR) is 108 cm³/mol. The molecule has 2 aromatic carbocycles. The third kappa shape index (κ3) is 2.81. The number of aromatic nitrogens is 1. The van der Waals surface area contributed by atoms with Crippen LogP contribution in [0.5, 0.6) is 0 Å². The van der Waals surface area contributed by atoms with E-state index < -0.39 is 0 Å². The van der Waals surface area contributed by atoms with Gasteiger partial charge in [-0.3, -0.25) is 0 Å². The van der Waals surface area contributed by atoms with Crippen LogP contribution in [0.25, 0.3) is 10.9 Å². The van der Waals surface area contributed by atoms with Crippen molar-refractivity contribution >= 4 is 35.0 Å². The Morgan fingerprint density at radius 1 is 0.885 bits per heavy atom. The summed E-state index contributed by atoms with van der Waals surface area (Å²) in [5.74, 6) is 1.06. The molecule has 134 valence electrons. The number of hydrogen-bond acceptors (Lipinski definition) is 3. The van der Waals surface area contributed by atoms with E-state index in [4.69, 9.17) is 9.31 Å². The van der Waals surface area contributed by atoms with Crippen LogP contribution in [0.3, 0.4) is 0 Å². The van der Waals surface area contributed by atoms with Crippen molar-refractivity contribution in [3.05, 3.63) is 54.6 Å². The molecule has 0 radical (unpaired) electrons. The third-order valence-electron chi connectivity index (χ3n) is 5.66. The smallest absolute Gasteiger partial charge is 0.399 e. The zero-order chi connectivity index (χ0) is 18.5. The molecule has 0 spiro atoms. The zero-order valence-electron chi connectivity index (χ0n) is 16.0. The van der Waals surface area contributed by atoms with E-state index in [-0.39, 0.29) is 18.3 Å². The molecule has 1 aromatic heterocycles. The Morgan fingerprint density at radius 3 is 2.12 bits per heavy atom. The van der Waals surface area contributed by atoms with Gasteiger partial charge < -0.3 is 19.2 Å². The Balaban J connectivity index is 1.54. The fourth-order valence-corrected chi connectivity index (χ4v) is 3.26. The molecule has 0 aliphatic carbocycles. The lowest BCUT2D eigenvalue weighted by Crippen LogP contribution is -2.41. The SMILES string of the molecule is Cn1c(Nc2ccc(B3OC(C)(C)C(C)(C)O3)cc2)cc2ccccc21. The van der Waals surface area contributed by atoms with Crippen molar-refractivity contribution in [2.45, 2.75) is 38.9 Å². The third-order valence-corrected chi connectivity index (χ3v) is 5.66. The molecule has 5 heteroatoms. The first kappa shape index (κ1) is 17.2. The normalized spacial score (nSPS) is 18.4. The van der Waals surface area contributed by atoms with Crippen LogP contribution in [-0.2, 0) is 16.4 Å². The standard InChI is InChI=1S/C21H25BN2O2/c1-20(2)21(3,4)26-22(25-20)16-10-12-17(13-11-16)23-19-14-15-8-6-7-9-18(15)24(19)5/h6-14,23H,1-5H3. The van der Waals surface area contributed by atoms with Gasteiger partial charge in [0.25, 0.3) is 0 Å². The second kappa shape index (κ2) is 5.90. The number of hydrogen-bond donors (Lipinski definition) is 1. The van der Waals surface area contributed by atoms with E-state index in [0.717, 1.165) is 17.0 Å². The fourth-order valence-electron chi connectivity index (χ4n) is 3.26. The molecule has 4 nitrogen and oxygen atoms in total. The molecule has 1 saturated heterocycles. The molecule has 0 saturated carbocycles. The molecule has 1 aliphatic heterocycles. The number of fused-ring (bicyclic) bond motifs is 1. The Kier molecular flexibility index (Phi) is 3.90. The van der Waals surface area contributed by atoms with Crippen LogP contribution in [0, 0.1) is 0 Å². The van der Waals surface area contributed by atoms with Gasteiger partial charge in [-0.2, -0.15) is 0 Å². The van der Waals surface area contributed by atoms with Crippen molar-refractivity contribution in [2.24, 2.45) is 7.05 Å². The molecule has 2 heterocycles. The van der Waals surface area contributed by atoms with E-state index in [2.05, 4.69) is 99.2 Å². The minimum Gasteiger partial charge on any atom is -0.399 e. The second-order valence-corrected chi connectivity index (χ2v) is 7.98. The Bertz CT molecular complexity index is 928. The number of rotatable bonds is 3. The first-order valence-corrected chi connectivity index (χ1v) is 9.04. The number of anilines is 2. The van der Waals surface area contributed by atoms with E-state index >= 15 is 0 Å². The molecule has 1 fully saturated rings. The van der Waals surface area contributed by atoms with Crippen LogP contribution in [0.1, 0.15) is 27.7 Å². The summed E-state index contributed by atoms with van der Waals surface area (Å²) in [6.07, 6.45) is 0. The minimum atomic E-state index is -0.327. The van der Waals surface area contributed by atoms with Crippen LogP contribution in [0.2, 0.25) is 0 Å². The van der Waals surface area contributed by atoms with Gasteiger partial charge in [-0.05, 0) is 57.4 Å². The maximum atomic E-state index is 6.12. The van der Waals surface area contributed by atoms with Crippen LogP contribution < -0.4 is 10.8 Å². The van der Waals surface area contributed by atoms with Crippen LogP contribution in [-0.4, -0.2) is 22.9 Å². The van der Waals surface area contributed by atoms with Gasteiger partial charge in [0.15, 0.2) is 0 Å². The quantitative estimate of drug-likeness (QED) is 0.720. The van der Waals surface area contributed by atoms with Gasteiger partial charge in [-0.25, -0.2) is 0 Å². The molecular weight excluding hydrogens is 323 g/mol. The van der Waals surface area contributed by atoms with Crippen LogP contribution in [0.15, 0.2) is 54.6 Å². The van der Waals surface area contributed by atoms with Gasteiger partial charge in [0, 0.05) is 23.6 Å². The molecule has 0 unspecified atom stereocenters. The fraction of sp³-hybridized carbons (Fsp3) is 0.333. The number of benzene rings is 2. The molecule has 3 aromatic rings. The molecule has 1 aliphatic rings.